The van der Waals surface area contributed by atoms with Crippen LogP contribution in [0.2, 0.25) is 0 Å². The van der Waals surface area contributed by atoms with Gasteiger partial charge in [-0.3, -0.25) is 4.79 Å². The Kier molecular flexibility index (Phi) is 5.76. The third kappa shape index (κ3) is 4.06. The van der Waals surface area contributed by atoms with Gasteiger partial charge in [0.25, 0.3) is 0 Å². The van der Waals surface area contributed by atoms with E-state index in [9.17, 15) is 9.59 Å². The second-order valence-electron chi connectivity index (χ2n) is 9.64. The molecular weight excluding hydrogens is 462 g/mol. The molecule has 5 heteroatoms. The summed E-state index contributed by atoms with van der Waals surface area (Å²) < 4.78 is 11.4. The van der Waals surface area contributed by atoms with Crippen LogP contribution in [0.3, 0.4) is 0 Å². The Hall–Kier alpha value is -4.38. The molecule has 0 spiro atoms. The van der Waals surface area contributed by atoms with Crippen molar-refractivity contribution >= 4 is 28.2 Å². The zero-order chi connectivity index (χ0) is 25.5. The lowest BCUT2D eigenvalue weighted by Crippen LogP contribution is -2.27. The quantitative estimate of drug-likeness (QED) is 0.248. The van der Waals surface area contributed by atoms with Gasteiger partial charge < -0.3 is 14.8 Å². The second kappa shape index (κ2) is 9.25. The lowest BCUT2D eigenvalue weighted by molar-refractivity contribution is -0.116. The van der Waals surface area contributed by atoms with Crippen molar-refractivity contribution in [2.24, 2.45) is 0 Å². The third-order valence-electron chi connectivity index (χ3n) is 7.30. The minimum atomic E-state index is -0.447. The minimum absolute atomic E-state index is 0.172. The van der Waals surface area contributed by atoms with E-state index >= 15 is 0 Å². The van der Waals surface area contributed by atoms with Crippen LogP contribution in [0.1, 0.15) is 52.2 Å². The molecule has 0 fully saturated rings. The fourth-order valence-electron chi connectivity index (χ4n) is 5.48. The van der Waals surface area contributed by atoms with Gasteiger partial charge in [-0.2, -0.15) is 0 Å². The molecular formula is C32H27NO4. The molecule has 2 aliphatic rings. The summed E-state index contributed by atoms with van der Waals surface area (Å²) in [5, 5.41) is 5.80. The number of carbonyl (C=O) groups is 2. The number of ether oxygens (including phenoxy) is 2. The average molecular weight is 490 g/mol. The highest BCUT2D eigenvalue weighted by Gasteiger charge is 2.36. The summed E-state index contributed by atoms with van der Waals surface area (Å²) in [6.45, 7) is 1.97. The first kappa shape index (κ1) is 23.0. The predicted octanol–water partition coefficient (Wildman–Crippen LogP) is 6.94. The molecule has 1 N–H and O–H groups in total. The average Bonchev–Trinajstić information content (AvgIpc) is 2.92. The van der Waals surface area contributed by atoms with Gasteiger partial charge >= 0.3 is 5.97 Å². The van der Waals surface area contributed by atoms with Crippen LogP contribution < -0.4 is 14.8 Å². The minimum Gasteiger partial charge on any atom is -0.493 e. The highest BCUT2D eigenvalue weighted by Crippen LogP contribution is 2.49. The van der Waals surface area contributed by atoms with E-state index in [1.807, 2.05) is 43.3 Å². The maximum atomic E-state index is 13.3. The SMILES string of the molecule is COc1cc(C2C3=C(CCCC3=O)Nc3ccc4ccccc4c32)ccc1OC(=O)c1ccc(C)cc1. The van der Waals surface area contributed by atoms with Gasteiger partial charge in [-0.25, -0.2) is 4.79 Å². The maximum Gasteiger partial charge on any atom is 0.343 e. The Bertz CT molecular complexity index is 1580. The van der Waals surface area contributed by atoms with Crippen LogP contribution in [0.5, 0.6) is 11.5 Å². The molecule has 6 rings (SSSR count). The number of aryl methyl sites for hydroxylation is 1. The molecule has 4 aromatic rings. The van der Waals surface area contributed by atoms with Gasteiger partial charge in [-0.1, -0.05) is 54.1 Å². The van der Waals surface area contributed by atoms with Crippen LogP contribution in [-0.2, 0) is 4.79 Å². The highest BCUT2D eigenvalue weighted by molar-refractivity contribution is 6.04. The summed E-state index contributed by atoms with van der Waals surface area (Å²) >= 11 is 0. The van der Waals surface area contributed by atoms with E-state index in [2.05, 4.69) is 29.6 Å². The molecule has 5 nitrogen and oxygen atoms in total. The van der Waals surface area contributed by atoms with E-state index in [4.69, 9.17) is 9.47 Å². The van der Waals surface area contributed by atoms with Gasteiger partial charge in [0.15, 0.2) is 17.3 Å². The summed E-state index contributed by atoms with van der Waals surface area (Å²) in [6.07, 6.45) is 2.23. The summed E-state index contributed by atoms with van der Waals surface area (Å²) in [6, 6.07) is 25.3. The third-order valence-corrected chi connectivity index (χ3v) is 7.30. The Morgan fingerprint density at radius 3 is 2.54 bits per heavy atom. The zero-order valence-electron chi connectivity index (χ0n) is 20.8. The molecule has 0 saturated heterocycles. The number of allylic oxidation sites excluding steroid dienone is 2. The van der Waals surface area contributed by atoms with E-state index in [1.165, 1.54) is 0 Å². The number of rotatable bonds is 4. The maximum absolute atomic E-state index is 13.3. The van der Waals surface area contributed by atoms with Gasteiger partial charge in [-0.15, -0.1) is 0 Å². The smallest absolute Gasteiger partial charge is 0.343 e. The topological polar surface area (TPSA) is 64.6 Å². The lowest BCUT2D eigenvalue weighted by Gasteiger charge is -2.35. The first-order valence-corrected chi connectivity index (χ1v) is 12.5. The molecule has 0 saturated carbocycles. The van der Waals surface area contributed by atoms with Crippen molar-refractivity contribution < 1.29 is 19.1 Å². The summed E-state index contributed by atoms with van der Waals surface area (Å²) in [4.78, 5) is 26.1. The molecule has 184 valence electrons. The number of methoxy groups -OCH3 is 1. The molecule has 4 aromatic carbocycles. The van der Waals surface area contributed by atoms with E-state index in [1.54, 1.807) is 25.3 Å². The van der Waals surface area contributed by atoms with Gasteiger partial charge in [0.05, 0.1) is 12.7 Å². The fraction of sp³-hybridized carbons (Fsp3) is 0.188. The molecule has 1 aliphatic carbocycles. The monoisotopic (exact) mass is 489 g/mol. The number of esters is 1. The lowest BCUT2D eigenvalue weighted by atomic mass is 9.74. The largest absolute Gasteiger partial charge is 0.493 e. The van der Waals surface area contributed by atoms with E-state index < -0.39 is 5.97 Å². The number of carbonyl (C=O) groups excluding carboxylic acids is 2. The highest BCUT2D eigenvalue weighted by atomic mass is 16.6. The normalized spacial score (nSPS) is 16.6. The van der Waals surface area contributed by atoms with Crippen LogP contribution in [0.4, 0.5) is 5.69 Å². The molecule has 1 atom stereocenters. The Labute approximate surface area is 215 Å². The van der Waals surface area contributed by atoms with E-state index in [0.29, 0.717) is 23.5 Å². The van der Waals surface area contributed by atoms with Crippen LogP contribution in [0.15, 0.2) is 90.1 Å². The van der Waals surface area contributed by atoms with Gasteiger partial charge in [0, 0.05) is 29.3 Å². The summed E-state index contributed by atoms with van der Waals surface area (Å²) in [5.74, 6) is 0.264. The van der Waals surface area contributed by atoms with Crippen molar-refractivity contribution in [3.05, 3.63) is 112 Å². The molecule has 0 bridgehead atoms. The van der Waals surface area contributed by atoms with Crippen molar-refractivity contribution in [1.82, 2.24) is 0 Å². The van der Waals surface area contributed by atoms with Crippen LogP contribution in [0, 0.1) is 6.92 Å². The zero-order valence-corrected chi connectivity index (χ0v) is 20.8. The first-order chi connectivity index (χ1) is 18.0. The van der Waals surface area contributed by atoms with Crippen molar-refractivity contribution in [3.8, 4) is 11.5 Å². The number of fused-ring (bicyclic) bond motifs is 3. The van der Waals surface area contributed by atoms with Crippen molar-refractivity contribution in [1.29, 1.82) is 0 Å². The Balaban J connectivity index is 1.46. The van der Waals surface area contributed by atoms with E-state index in [0.717, 1.165) is 57.3 Å². The van der Waals surface area contributed by atoms with Crippen LogP contribution in [-0.4, -0.2) is 18.9 Å². The molecule has 0 aromatic heterocycles. The second-order valence-corrected chi connectivity index (χ2v) is 9.64. The first-order valence-electron chi connectivity index (χ1n) is 12.5. The number of hydrogen-bond donors (Lipinski definition) is 1. The standard InChI is InChI=1S/C32H27NO4/c1-19-10-12-21(13-11-19)32(35)37-27-17-15-22(18-28(27)36-2)29-30-23-7-4-3-6-20(23)14-16-25(30)33-24-8-5-9-26(34)31(24)29/h3-4,6-7,10-18,29,33H,5,8-9H2,1-2H3. The molecule has 37 heavy (non-hydrogen) atoms. The predicted molar refractivity (Wildman–Crippen MR) is 144 cm³/mol. The molecule has 1 aliphatic heterocycles. The molecule has 1 unspecified atom stereocenters. The van der Waals surface area contributed by atoms with Crippen molar-refractivity contribution in [2.45, 2.75) is 32.1 Å². The van der Waals surface area contributed by atoms with Crippen LogP contribution in [0.25, 0.3) is 10.8 Å². The fourth-order valence-corrected chi connectivity index (χ4v) is 5.48. The molecule has 0 amide bonds. The van der Waals surface area contributed by atoms with E-state index in [-0.39, 0.29) is 11.7 Å². The number of ketones is 1. The number of anilines is 1. The number of benzene rings is 4. The van der Waals surface area contributed by atoms with Gasteiger partial charge in [0.2, 0.25) is 0 Å². The molecule has 0 radical (unpaired) electrons. The Morgan fingerprint density at radius 2 is 1.73 bits per heavy atom. The molecule has 1 heterocycles. The van der Waals surface area contributed by atoms with Crippen molar-refractivity contribution in [2.75, 3.05) is 12.4 Å². The van der Waals surface area contributed by atoms with Gasteiger partial charge in [-0.05, 0) is 72.0 Å². The Morgan fingerprint density at radius 1 is 0.919 bits per heavy atom. The van der Waals surface area contributed by atoms with Crippen LogP contribution >= 0.6 is 0 Å². The van der Waals surface area contributed by atoms with Gasteiger partial charge in [0.1, 0.15) is 0 Å². The number of nitrogens with one attached hydrogen (secondary N) is 1. The van der Waals surface area contributed by atoms with Crippen molar-refractivity contribution in [3.63, 3.8) is 0 Å². The summed E-state index contributed by atoms with van der Waals surface area (Å²) in [7, 11) is 1.56. The number of hydrogen-bond acceptors (Lipinski definition) is 5. The summed E-state index contributed by atoms with van der Waals surface area (Å²) in [5.41, 5.74) is 6.38. The number of Topliss-reactive ketones (excluding diaryl/α,β-unsaturated/α-hetero) is 1.